The molecule has 0 aliphatic heterocycles. The first-order chi connectivity index (χ1) is 8.61. The minimum absolute atomic E-state index is 0.0177. The van der Waals surface area contributed by atoms with Gasteiger partial charge in [0.2, 0.25) is 0 Å². The monoisotopic (exact) mass is 262 g/mol. The van der Waals surface area contributed by atoms with Crippen molar-refractivity contribution < 1.29 is 9.90 Å². The van der Waals surface area contributed by atoms with Crippen LogP contribution in [-0.4, -0.2) is 27.1 Å². The highest BCUT2D eigenvalue weighted by Gasteiger charge is 2.13. The Hall–Kier alpha value is -1.75. The van der Waals surface area contributed by atoms with E-state index in [4.69, 9.17) is 5.11 Å². The lowest BCUT2D eigenvalue weighted by Gasteiger charge is -2.04. The van der Waals surface area contributed by atoms with E-state index in [-0.39, 0.29) is 6.42 Å². The third-order valence-electron chi connectivity index (χ3n) is 2.78. The van der Waals surface area contributed by atoms with Crippen LogP contribution in [0.2, 0.25) is 0 Å². The summed E-state index contributed by atoms with van der Waals surface area (Å²) in [5, 5.41) is 13.1. The van der Waals surface area contributed by atoms with Gasteiger partial charge >= 0.3 is 5.97 Å². The Labute approximate surface area is 110 Å². The fraction of sp³-hybridized carbons (Fsp3) is 0.231. The van der Waals surface area contributed by atoms with Gasteiger partial charge < -0.3 is 5.11 Å². The number of benzene rings is 1. The Morgan fingerprint density at radius 2 is 2.06 bits per heavy atom. The van der Waals surface area contributed by atoms with E-state index in [2.05, 4.69) is 5.10 Å². The third kappa shape index (κ3) is 2.56. The number of carbonyl (C=O) groups is 1. The second kappa shape index (κ2) is 5.27. The molecule has 4 nitrogen and oxygen atoms in total. The number of hydrogen-bond donors (Lipinski definition) is 1. The van der Waals surface area contributed by atoms with Gasteiger partial charge in [-0.3, -0.25) is 9.48 Å². The zero-order valence-electron chi connectivity index (χ0n) is 10.3. The average molecular weight is 262 g/mol. The second-order valence-corrected chi connectivity index (χ2v) is 4.81. The summed E-state index contributed by atoms with van der Waals surface area (Å²) in [4.78, 5) is 12.0. The largest absolute Gasteiger partial charge is 0.481 e. The molecule has 0 aliphatic carbocycles. The molecule has 1 aromatic carbocycles. The van der Waals surface area contributed by atoms with Crippen molar-refractivity contribution in [3.05, 3.63) is 36.2 Å². The molecular formula is C13H14N2O2S. The Balaban J connectivity index is 2.40. The highest BCUT2D eigenvalue weighted by molar-refractivity contribution is 7.98. The van der Waals surface area contributed by atoms with Crippen molar-refractivity contribution in [2.45, 2.75) is 11.3 Å². The van der Waals surface area contributed by atoms with Crippen molar-refractivity contribution in [1.82, 2.24) is 9.78 Å². The van der Waals surface area contributed by atoms with Crippen molar-refractivity contribution in [1.29, 1.82) is 0 Å². The first-order valence-electron chi connectivity index (χ1n) is 5.49. The van der Waals surface area contributed by atoms with E-state index in [0.29, 0.717) is 0 Å². The molecule has 0 saturated heterocycles. The zero-order valence-corrected chi connectivity index (χ0v) is 11.1. The van der Waals surface area contributed by atoms with Gasteiger partial charge in [0.05, 0.1) is 18.3 Å². The summed E-state index contributed by atoms with van der Waals surface area (Å²) < 4.78 is 1.62. The molecule has 0 bridgehead atoms. The molecule has 1 heterocycles. The minimum Gasteiger partial charge on any atom is -0.481 e. The summed E-state index contributed by atoms with van der Waals surface area (Å²) in [6.07, 6.45) is 3.72. The molecule has 0 atom stereocenters. The standard InChI is InChI=1S/C13H14N2O2S/c1-15-12(7-13(16)17)11(8-14-15)9-3-5-10(18-2)6-4-9/h3-6,8H,7H2,1-2H3,(H,16,17). The van der Waals surface area contributed by atoms with Crippen LogP contribution in [0.25, 0.3) is 11.1 Å². The van der Waals surface area contributed by atoms with Gasteiger partial charge in [0.15, 0.2) is 0 Å². The predicted octanol–water partition coefficient (Wildman–Crippen LogP) is 2.44. The predicted molar refractivity (Wildman–Crippen MR) is 71.8 cm³/mol. The van der Waals surface area contributed by atoms with Crippen LogP contribution in [-0.2, 0) is 18.3 Å². The Morgan fingerprint density at radius 3 is 2.61 bits per heavy atom. The molecule has 94 valence electrons. The SMILES string of the molecule is CSc1ccc(-c2cnn(C)c2CC(=O)O)cc1. The molecule has 0 spiro atoms. The van der Waals surface area contributed by atoms with E-state index in [0.717, 1.165) is 16.8 Å². The van der Waals surface area contributed by atoms with Gasteiger partial charge in [-0.05, 0) is 24.0 Å². The number of hydrogen-bond acceptors (Lipinski definition) is 3. The topological polar surface area (TPSA) is 55.1 Å². The van der Waals surface area contributed by atoms with Crippen LogP contribution in [0.3, 0.4) is 0 Å². The molecule has 0 aliphatic rings. The molecule has 2 aromatic rings. The van der Waals surface area contributed by atoms with E-state index in [1.807, 2.05) is 30.5 Å². The summed E-state index contributed by atoms with van der Waals surface area (Å²) in [5.41, 5.74) is 2.60. The lowest BCUT2D eigenvalue weighted by Crippen LogP contribution is -2.07. The summed E-state index contributed by atoms with van der Waals surface area (Å²) in [6.45, 7) is 0. The van der Waals surface area contributed by atoms with Gasteiger partial charge in [-0.25, -0.2) is 0 Å². The van der Waals surface area contributed by atoms with Crippen molar-refractivity contribution in [2.24, 2.45) is 7.05 Å². The fourth-order valence-electron chi connectivity index (χ4n) is 1.83. The highest BCUT2D eigenvalue weighted by atomic mass is 32.2. The van der Waals surface area contributed by atoms with Gasteiger partial charge in [0.1, 0.15) is 0 Å². The fourth-order valence-corrected chi connectivity index (χ4v) is 2.24. The Kier molecular flexibility index (Phi) is 3.72. The number of aliphatic carboxylic acids is 1. The van der Waals surface area contributed by atoms with Crippen LogP contribution in [0.15, 0.2) is 35.4 Å². The van der Waals surface area contributed by atoms with Gasteiger partial charge in [-0.2, -0.15) is 5.10 Å². The van der Waals surface area contributed by atoms with Crippen LogP contribution in [0, 0.1) is 0 Å². The van der Waals surface area contributed by atoms with E-state index in [1.54, 1.807) is 29.7 Å². The first-order valence-corrected chi connectivity index (χ1v) is 6.71. The number of aryl methyl sites for hydroxylation is 1. The molecule has 0 unspecified atom stereocenters. The van der Waals surface area contributed by atoms with Gasteiger partial charge in [0, 0.05) is 17.5 Å². The van der Waals surface area contributed by atoms with Crippen LogP contribution in [0.5, 0.6) is 0 Å². The summed E-state index contributed by atoms with van der Waals surface area (Å²) in [7, 11) is 1.76. The van der Waals surface area contributed by atoms with Crippen LogP contribution >= 0.6 is 11.8 Å². The zero-order chi connectivity index (χ0) is 13.1. The van der Waals surface area contributed by atoms with Crippen molar-refractivity contribution in [3.8, 4) is 11.1 Å². The molecule has 5 heteroatoms. The Morgan fingerprint density at radius 1 is 1.39 bits per heavy atom. The van der Waals surface area contributed by atoms with Gasteiger partial charge in [0.25, 0.3) is 0 Å². The van der Waals surface area contributed by atoms with E-state index >= 15 is 0 Å². The van der Waals surface area contributed by atoms with Gasteiger partial charge in [-0.1, -0.05) is 12.1 Å². The lowest BCUT2D eigenvalue weighted by molar-refractivity contribution is -0.136. The van der Waals surface area contributed by atoms with Crippen LogP contribution in [0.4, 0.5) is 0 Å². The van der Waals surface area contributed by atoms with Crippen molar-refractivity contribution in [2.75, 3.05) is 6.26 Å². The quantitative estimate of drug-likeness (QED) is 0.860. The number of aromatic nitrogens is 2. The molecule has 2 rings (SSSR count). The molecular weight excluding hydrogens is 248 g/mol. The number of rotatable bonds is 4. The maximum Gasteiger partial charge on any atom is 0.309 e. The van der Waals surface area contributed by atoms with E-state index < -0.39 is 5.97 Å². The molecule has 1 aromatic heterocycles. The number of carboxylic acids is 1. The van der Waals surface area contributed by atoms with E-state index in [1.165, 1.54) is 4.90 Å². The summed E-state index contributed by atoms with van der Waals surface area (Å²) in [6, 6.07) is 8.04. The number of carboxylic acid groups (broad SMARTS) is 1. The van der Waals surface area contributed by atoms with Crippen LogP contribution < -0.4 is 0 Å². The summed E-state index contributed by atoms with van der Waals surface area (Å²) >= 11 is 1.68. The molecule has 0 radical (unpaired) electrons. The molecule has 0 amide bonds. The summed E-state index contributed by atoms with van der Waals surface area (Å²) in [5.74, 6) is -0.847. The normalized spacial score (nSPS) is 10.6. The smallest absolute Gasteiger partial charge is 0.309 e. The maximum absolute atomic E-state index is 10.9. The highest BCUT2D eigenvalue weighted by Crippen LogP contribution is 2.26. The minimum atomic E-state index is -0.847. The molecule has 1 N–H and O–H groups in total. The molecule has 0 saturated carbocycles. The number of nitrogens with zero attached hydrogens (tertiary/aromatic N) is 2. The Bertz CT molecular complexity index is 561. The van der Waals surface area contributed by atoms with Gasteiger partial charge in [-0.15, -0.1) is 11.8 Å². The lowest BCUT2D eigenvalue weighted by atomic mass is 10.1. The third-order valence-corrected chi connectivity index (χ3v) is 3.52. The second-order valence-electron chi connectivity index (χ2n) is 3.93. The number of thioether (sulfide) groups is 1. The molecule has 0 fully saturated rings. The van der Waals surface area contributed by atoms with Crippen LogP contribution in [0.1, 0.15) is 5.69 Å². The molecule has 18 heavy (non-hydrogen) atoms. The van der Waals surface area contributed by atoms with Crippen molar-refractivity contribution >= 4 is 17.7 Å². The van der Waals surface area contributed by atoms with Crippen molar-refractivity contribution in [3.63, 3.8) is 0 Å². The maximum atomic E-state index is 10.9. The van der Waals surface area contributed by atoms with E-state index in [9.17, 15) is 4.79 Å². The first kappa shape index (κ1) is 12.7. The average Bonchev–Trinajstić information content (AvgIpc) is 2.71.